The molecule has 0 aromatic rings. The molecule has 0 saturated carbocycles. The molecule has 1 atom stereocenters. The van der Waals surface area contributed by atoms with Gasteiger partial charge in [0.2, 0.25) is 0 Å². The van der Waals surface area contributed by atoms with Crippen molar-refractivity contribution in [3.05, 3.63) is 122 Å². The minimum atomic E-state index is -0.801. The zero-order valence-electron chi connectivity index (χ0n) is 54.4. The Morgan fingerprint density at radius 3 is 0.759 bits per heavy atom. The van der Waals surface area contributed by atoms with Gasteiger partial charge in [-0.05, 0) is 135 Å². The number of carbonyl (C=O) groups is 3. The van der Waals surface area contributed by atoms with Crippen LogP contribution in [0.5, 0.6) is 0 Å². The summed E-state index contributed by atoms with van der Waals surface area (Å²) in [4.78, 5) is 38.5. The molecule has 474 valence electrons. The van der Waals surface area contributed by atoms with Crippen LogP contribution in [0.25, 0.3) is 0 Å². The third-order valence-corrected chi connectivity index (χ3v) is 14.9. The molecule has 0 aromatic carbocycles. The lowest BCUT2D eigenvalue weighted by atomic mass is 10.1. The number of hydrogen-bond donors (Lipinski definition) is 0. The van der Waals surface area contributed by atoms with Crippen molar-refractivity contribution in [1.29, 1.82) is 0 Å². The molecule has 6 nitrogen and oxygen atoms in total. The molecule has 1 unspecified atom stereocenters. The molecular weight excluding hydrogens is 1020 g/mol. The summed E-state index contributed by atoms with van der Waals surface area (Å²) < 4.78 is 17.0. The van der Waals surface area contributed by atoms with Gasteiger partial charge in [-0.25, -0.2) is 0 Å². The van der Waals surface area contributed by atoms with Crippen LogP contribution in [0.1, 0.15) is 329 Å². The number of esters is 3. The topological polar surface area (TPSA) is 78.9 Å². The second-order valence-electron chi connectivity index (χ2n) is 23.1. The number of rotatable bonds is 63. The lowest BCUT2D eigenvalue weighted by Crippen LogP contribution is -2.30. The van der Waals surface area contributed by atoms with Gasteiger partial charge in [-0.2, -0.15) is 0 Å². The van der Waals surface area contributed by atoms with E-state index in [0.29, 0.717) is 19.3 Å². The van der Waals surface area contributed by atoms with Crippen molar-refractivity contribution < 1.29 is 28.6 Å². The van der Waals surface area contributed by atoms with Crippen LogP contribution < -0.4 is 0 Å². The summed E-state index contributed by atoms with van der Waals surface area (Å²) >= 11 is 0. The van der Waals surface area contributed by atoms with Crippen LogP contribution in [-0.2, 0) is 28.6 Å². The van der Waals surface area contributed by atoms with Gasteiger partial charge in [0.15, 0.2) is 6.10 Å². The van der Waals surface area contributed by atoms with Gasteiger partial charge in [0, 0.05) is 19.3 Å². The number of hydrogen-bond acceptors (Lipinski definition) is 6. The average molecular weight is 1150 g/mol. The molecule has 83 heavy (non-hydrogen) atoms. The van der Waals surface area contributed by atoms with Crippen molar-refractivity contribution in [1.82, 2.24) is 0 Å². The Morgan fingerprint density at radius 2 is 0.470 bits per heavy atom. The van der Waals surface area contributed by atoms with Gasteiger partial charge in [0.25, 0.3) is 0 Å². The lowest BCUT2D eigenvalue weighted by molar-refractivity contribution is -0.167. The average Bonchev–Trinajstić information content (AvgIpc) is 3.50. The van der Waals surface area contributed by atoms with Crippen LogP contribution in [0.3, 0.4) is 0 Å². The molecule has 0 N–H and O–H groups in total. The fraction of sp³-hybridized carbons (Fsp3) is 0.701. The Balaban J connectivity index is 4.47. The van der Waals surface area contributed by atoms with E-state index in [1.165, 1.54) is 173 Å². The summed E-state index contributed by atoms with van der Waals surface area (Å²) in [7, 11) is 0. The van der Waals surface area contributed by atoms with Gasteiger partial charge in [-0.3, -0.25) is 14.4 Å². The maximum atomic E-state index is 13.0. The molecule has 0 aliphatic heterocycles. The number of carbonyl (C=O) groups excluding carboxylic acids is 3. The Morgan fingerprint density at radius 1 is 0.253 bits per heavy atom. The first-order valence-corrected chi connectivity index (χ1v) is 35.0. The first kappa shape index (κ1) is 78.8. The van der Waals surface area contributed by atoms with Crippen LogP contribution in [0.2, 0.25) is 0 Å². The van der Waals surface area contributed by atoms with Crippen molar-refractivity contribution in [3.8, 4) is 0 Å². The van der Waals surface area contributed by atoms with E-state index in [2.05, 4.69) is 142 Å². The zero-order chi connectivity index (χ0) is 59.9. The predicted octanol–water partition coefficient (Wildman–Crippen LogP) is 24.3. The smallest absolute Gasteiger partial charge is 0.306 e. The molecular formula is C77H130O6. The second-order valence-corrected chi connectivity index (χ2v) is 23.1. The highest BCUT2D eigenvalue weighted by Crippen LogP contribution is 2.16. The molecule has 0 aliphatic carbocycles. The van der Waals surface area contributed by atoms with Crippen LogP contribution >= 0.6 is 0 Å². The number of allylic oxidation sites excluding steroid dienone is 20. The predicted molar refractivity (Wildman–Crippen MR) is 362 cm³/mol. The summed E-state index contributed by atoms with van der Waals surface area (Å²) in [6.45, 7) is 6.51. The molecule has 0 saturated heterocycles. The molecule has 0 heterocycles. The van der Waals surface area contributed by atoms with Crippen molar-refractivity contribution in [3.63, 3.8) is 0 Å². The SMILES string of the molecule is CC/C=C\C/C=C\C/C=C\C/C=C\C/C=C\C/C=C\C/C=C\CCCCCC(=O)OCC(COC(=O)CCCCCCCCCCC/C=C\CCCCCCCC)OC(=O)CCCCCCCCCCC/C=C\C/C=C\CCCCCCC. The minimum Gasteiger partial charge on any atom is -0.462 e. The van der Waals surface area contributed by atoms with E-state index in [4.69, 9.17) is 14.2 Å². The highest BCUT2D eigenvalue weighted by atomic mass is 16.6. The third kappa shape index (κ3) is 68.5. The van der Waals surface area contributed by atoms with E-state index in [0.717, 1.165) is 116 Å². The Bertz CT molecular complexity index is 1700. The van der Waals surface area contributed by atoms with Crippen molar-refractivity contribution in [2.24, 2.45) is 0 Å². The lowest BCUT2D eigenvalue weighted by Gasteiger charge is -2.18. The highest BCUT2D eigenvalue weighted by molar-refractivity contribution is 5.71. The third-order valence-electron chi connectivity index (χ3n) is 14.9. The molecule has 0 radical (unpaired) electrons. The summed E-state index contributed by atoms with van der Waals surface area (Å²) in [6, 6.07) is 0. The van der Waals surface area contributed by atoms with Gasteiger partial charge in [-0.1, -0.05) is 296 Å². The minimum absolute atomic E-state index is 0.0926. The normalized spacial score (nSPS) is 12.9. The monoisotopic (exact) mass is 1150 g/mol. The van der Waals surface area contributed by atoms with E-state index in [9.17, 15) is 14.4 Å². The van der Waals surface area contributed by atoms with E-state index < -0.39 is 6.10 Å². The molecule has 6 heteroatoms. The van der Waals surface area contributed by atoms with Gasteiger partial charge in [-0.15, -0.1) is 0 Å². The molecule has 0 bridgehead atoms. The Kier molecular flexibility index (Phi) is 66.7. The number of ether oxygens (including phenoxy) is 3. The van der Waals surface area contributed by atoms with Gasteiger partial charge in [0.05, 0.1) is 0 Å². The quantitative estimate of drug-likeness (QED) is 0.0261. The molecule has 0 rings (SSSR count). The summed E-state index contributed by atoms with van der Waals surface area (Å²) in [5.74, 6) is -0.922. The highest BCUT2D eigenvalue weighted by Gasteiger charge is 2.19. The molecule has 0 amide bonds. The molecule has 0 fully saturated rings. The van der Waals surface area contributed by atoms with Crippen LogP contribution in [-0.4, -0.2) is 37.2 Å². The fourth-order valence-corrected chi connectivity index (χ4v) is 9.68. The summed E-state index contributed by atoms with van der Waals surface area (Å²) in [5, 5.41) is 0. The summed E-state index contributed by atoms with van der Waals surface area (Å²) in [5.41, 5.74) is 0. The molecule has 0 aliphatic rings. The van der Waals surface area contributed by atoms with Gasteiger partial charge >= 0.3 is 17.9 Å². The maximum Gasteiger partial charge on any atom is 0.306 e. The summed E-state index contributed by atoms with van der Waals surface area (Å²) in [6.07, 6.45) is 97.8. The van der Waals surface area contributed by atoms with Gasteiger partial charge in [0.1, 0.15) is 13.2 Å². The standard InChI is InChI=1S/C77H130O6/c1-4-7-10-13-16-19-22-25-28-31-34-36-37-38-39-41-43-46-49-52-55-58-61-64-67-70-76(79)82-73-74(72-81-75(78)69-66-63-60-57-54-51-48-45-42-33-30-27-24-21-18-15-12-9-6-3)83-77(80)71-68-65-62-59-56-53-50-47-44-40-35-32-29-26-23-20-17-14-11-8-5-2/h7,10,16,19,23,25-28,30,32,34-36,38-39,43,46,52,55,74H,4-6,8-9,11-15,17-18,20-22,24,29,31,33,37,40-42,44-45,47-51,53-54,56-73H2,1-3H3/b10-7-,19-16-,26-23-,28-25-,30-27-,35-32-,36-34-,39-38-,46-43-,55-52-. The van der Waals surface area contributed by atoms with Crippen LogP contribution in [0.15, 0.2) is 122 Å². The van der Waals surface area contributed by atoms with E-state index in [1.54, 1.807) is 0 Å². The molecule has 0 aromatic heterocycles. The Hall–Kier alpha value is -4.19. The molecule has 0 spiro atoms. The van der Waals surface area contributed by atoms with E-state index in [1.807, 2.05) is 0 Å². The van der Waals surface area contributed by atoms with Gasteiger partial charge < -0.3 is 14.2 Å². The largest absolute Gasteiger partial charge is 0.462 e. The zero-order valence-corrected chi connectivity index (χ0v) is 54.4. The maximum absolute atomic E-state index is 13.0. The van der Waals surface area contributed by atoms with Crippen molar-refractivity contribution in [2.45, 2.75) is 335 Å². The first-order valence-electron chi connectivity index (χ1n) is 35.0. The first-order chi connectivity index (χ1) is 41.0. The Labute approximate surface area is 513 Å². The van der Waals surface area contributed by atoms with Crippen molar-refractivity contribution >= 4 is 17.9 Å². The van der Waals surface area contributed by atoms with Crippen molar-refractivity contribution in [2.75, 3.05) is 13.2 Å². The van der Waals surface area contributed by atoms with Crippen LogP contribution in [0.4, 0.5) is 0 Å². The van der Waals surface area contributed by atoms with E-state index >= 15 is 0 Å². The van der Waals surface area contributed by atoms with E-state index in [-0.39, 0.29) is 31.1 Å². The number of unbranched alkanes of at least 4 members (excludes halogenated alkanes) is 32. The van der Waals surface area contributed by atoms with Crippen LogP contribution in [0, 0.1) is 0 Å². The fourth-order valence-electron chi connectivity index (χ4n) is 9.68. The second kappa shape index (κ2) is 70.3.